The number of rotatable bonds is 5. The molecule has 1 amide bonds. The molecule has 0 aliphatic heterocycles. The quantitative estimate of drug-likeness (QED) is 0.631. The lowest BCUT2D eigenvalue weighted by molar-refractivity contribution is 0.0746. The van der Waals surface area contributed by atoms with Crippen molar-refractivity contribution >= 4 is 5.91 Å². The number of aryl methyl sites for hydroxylation is 1. The zero-order valence-corrected chi connectivity index (χ0v) is 12.3. The summed E-state index contributed by atoms with van der Waals surface area (Å²) in [5, 5.41) is 2.82. The van der Waals surface area contributed by atoms with Crippen LogP contribution < -0.4 is 11.1 Å². The van der Waals surface area contributed by atoms with E-state index in [4.69, 9.17) is 10.5 Å². The third kappa shape index (κ3) is 5.43. The molecule has 1 aromatic rings. The van der Waals surface area contributed by atoms with Gasteiger partial charge in [0.1, 0.15) is 0 Å². The topological polar surface area (TPSA) is 64.3 Å². The first-order chi connectivity index (χ1) is 9.54. The maximum atomic E-state index is 12.0. The van der Waals surface area contributed by atoms with Gasteiger partial charge in [-0.25, -0.2) is 0 Å². The van der Waals surface area contributed by atoms with Gasteiger partial charge < -0.3 is 15.8 Å². The van der Waals surface area contributed by atoms with E-state index in [0.717, 1.165) is 11.1 Å². The molecule has 0 fully saturated rings. The normalized spacial score (nSPS) is 10.1. The number of nitrogens with one attached hydrogen (secondary N) is 1. The van der Waals surface area contributed by atoms with Crippen molar-refractivity contribution in [3.8, 4) is 11.8 Å². The highest BCUT2D eigenvalue weighted by atomic mass is 16.5. The van der Waals surface area contributed by atoms with Crippen molar-refractivity contribution in [2.24, 2.45) is 5.73 Å². The van der Waals surface area contributed by atoms with Gasteiger partial charge in [-0.2, -0.15) is 0 Å². The van der Waals surface area contributed by atoms with Crippen LogP contribution in [0.25, 0.3) is 0 Å². The molecular weight excluding hydrogens is 252 g/mol. The molecular formula is C16H22N2O2. The Balaban J connectivity index is 2.64. The van der Waals surface area contributed by atoms with Crippen molar-refractivity contribution in [3.05, 3.63) is 34.9 Å². The minimum atomic E-state index is -0.117. The first-order valence-corrected chi connectivity index (χ1v) is 6.74. The first kappa shape index (κ1) is 16.2. The van der Waals surface area contributed by atoms with Crippen molar-refractivity contribution in [1.82, 2.24) is 5.32 Å². The lowest BCUT2D eigenvalue weighted by Crippen LogP contribution is -2.28. The fraction of sp³-hybridized carbons (Fsp3) is 0.438. The third-order valence-corrected chi connectivity index (χ3v) is 2.66. The van der Waals surface area contributed by atoms with E-state index in [2.05, 4.69) is 17.2 Å². The molecule has 0 radical (unpaired) electrons. The maximum absolute atomic E-state index is 12.0. The van der Waals surface area contributed by atoms with Gasteiger partial charge in [-0.05, 0) is 38.5 Å². The predicted octanol–water partition coefficient (Wildman–Crippen LogP) is 1.46. The van der Waals surface area contributed by atoms with Gasteiger partial charge in [0.25, 0.3) is 5.91 Å². The highest BCUT2D eigenvalue weighted by molar-refractivity contribution is 5.94. The molecule has 0 bridgehead atoms. The van der Waals surface area contributed by atoms with E-state index in [1.807, 2.05) is 26.8 Å². The summed E-state index contributed by atoms with van der Waals surface area (Å²) in [5.74, 6) is 5.66. The van der Waals surface area contributed by atoms with Crippen LogP contribution in [0.2, 0.25) is 0 Å². The van der Waals surface area contributed by atoms with Gasteiger partial charge >= 0.3 is 0 Å². The van der Waals surface area contributed by atoms with Gasteiger partial charge in [-0.1, -0.05) is 17.9 Å². The monoisotopic (exact) mass is 274 g/mol. The molecule has 20 heavy (non-hydrogen) atoms. The molecule has 0 aliphatic rings. The molecule has 0 atom stereocenters. The summed E-state index contributed by atoms with van der Waals surface area (Å²) in [6.07, 6.45) is 0.171. The molecule has 0 saturated heterocycles. The summed E-state index contributed by atoms with van der Waals surface area (Å²) < 4.78 is 5.37. The molecule has 0 aromatic heterocycles. The Kier molecular flexibility index (Phi) is 6.78. The molecule has 0 spiro atoms. The molecule has 3 N–H and O–H groups in total. The number of ether oxygens (including phenoxy) is 1. The van der Waals surface area contributed by atoms with Crippen LogP contribution in [0.1, 0.15) is 35.3 Å². The molecule has 108 valence electrons. The van der Waals surface area contributed by atoms with Crippen LogP contribution in [0.5, 0.6) is 0 Å². The van der Waals surface area contributed by atoms with Crippen LogP contribution in [-0.4, -0.2) is 31.7 Å². The number of benzene rings is 1. The van der Waals surface area contributed by atoms with E-state index in [9.17, 15) is 4.79 Å². The van der Waals surface area contributed by atoms with Crippen molar-refractivity contribution in [2.45, 2.75) is 26.9 Å². The average Bonchev–Trinajstić information content (AvgIpc) is 2.42. The van der Waals surface area contributed by atoms with Crippen LogP contribution in [0, 0.1) is 18.8 Å². The molecule has 0 saturated carbocycles. The molecule has 4 heteroatoms. The van der Waals surface area contributed by atoms with Crippen LogP contribution in [-0.2, 0) is 4.74 Å². The van der Waals surface area contributed by atoms with Gasteiger partial charge in [0.15, 0.2) is 0 Å². The van der Waals surface area contributed by atoms with Gasteiger partial charge in [-0.15, -0.1) is 0 Å². The number of nitrogens with two attached hydrogens (primary N) is 1. The Labute approximate surface area is 120 Å². The maximum Gasteiger partial charge on any atom is 0.251 e. The second-order valence-electron chi connectivity index (χ2n) is 4.71. The van der Waals surface area contributed by atoms with E-state index in [0.29, 0.717) is 25.3 Å². The fourth-order valence-electron chi connectivity index (χ4n) is 1.61. The SMILES string of the molecule is Cc1ccc(C(=O)NCCOC(C)C)cc1C#CCN. The van der Waals surface area contributed by atoms with E-state index in [1.54, 1.807) is 12.1 Å². The average molecular weight is 274 g/mol. The Morgan fingerprint density at radius 2 is 2.20 bits per heavy atom. The van der Waals surface area contributed by atoms with E-state index < -0.39 is 0 Å². The number of carbonyl (C=O) groups is 1. The van der Waals surface area contributed by atoms with Crippen LogP contribution in [0.4, 0.5) is 0 Å². The Morgan fingerprint density at radius 1 is 1.45 bits per heavy atom. The largest absolute Gasteiger partial charge is 0.377 e. The molecule has 1 rings (SSSR count). The summed E-state index contributed by atoms with van der Waals surface area (Å²) in [4.78, 5) is 12.0. The zero-order valence-electron chi connectivity index (χ0n) is 12.3. The second-order valence-corrected chi connectivity index (χ2v) is 4.71. The molecule has 0 heterocycles. The van der Waals surface area contributed by atoms with E-state index in [1.165, 1.54) is 0 Å². The lowest BCUT2D eigenvalue weighted by atomic mass is 10.0. The van der Waals surface area contributed by atoms with Gasteiger partial charge in [0, 0.05) is 17.7 Å². The Bertz CT molecular complexity index is 513. The molecule has 4 nitrogen and oxygen atoms in total. The fourth-order valence-corrected chi connectivity index (χ4v) is 1.61. The van der Waals surface area contributed by atoms with Crippen LogP contribution in [0.3, 0.4) is 0 Å². The summed E-state index contributed by atoms with van der Waals surface area (Å²) in [5.41, 5.74) is 7.83. The van der Waals surface area contributed by atoms with Crippen LogP contribution >= 0.6 is 0 Å². The van der Waals surface area contributed by atoms with E-state index in [-0.39, 0.29) is 12.0 Å². The van der Waals surface area contributed by atoms with Gasteiger partial charge in [-0.3, -0.25) is 4.79 Å². The van der Waals surface area contributed by atoms with Crippen molar-refractivity contribution in [2.75, 3.05) is 19.7 Å². The molecule has 1 aromatic carbocycles. The standard InChI is InChI=1S/C16H22N2O2/c1-12(2)20-10-9-18-16(19)15-7-6-13(3)14(11-15)5-4-8-17/h6-7,11-12H,8-10,17H2,1-3H3,(H,18,19). The number of amides is 1. The Morgan fingerprint density at radius 3 is 2.85 bits per heavy atom. The van der Waals surface area contributed by atoms with Crippen molar-refractivity contribution in [3.63, 3.8) is 0 Å². The minimum Gasteiger partial charge on any atom is -0.377 e. The number of hydrogen-bond acceptors (Lipinski definition) is 3. The lowest BCUT2D eigenvalue weighted by Gasteiger charge is -2.09. The highest BCUT2D eigenvalue weighted by Gasteiger charge is 2.06. The Hall–Kier alpha value is -1.83. The predicted molar refractivity (Wildman–Crippen MR) is 80.5 cm³/mol. The van der Waals surface area contributed by atoms with Crippen molar-refractivity contribution in [1.29, 1.82) is 0 Å². The second kappa shape index (κ2) is 8.36. The van der Waals surface area contributed by atoms with E-state index >= 15 is 0 Å². The minimum absolute atomic E-state index is 0.117. The summed E-state index contributed by atoms with van der Waals surface area (Å²) in [6, 6.07) is 5.47. The van der Waals surface area contributed by atoms with Gasteiger partial charge in [0.05, 0.1) is 19.3 Å². The van der Waals surface area contributed by atoms with Gasteiger partial charge in [0.2, 0.25) is 0 Å². The number of hydrogen-bond donors (Lipinski definition) is 2. The van der Waals surface area contributed by atoms with Crippen LogP contribution in [0.15, 0.2) is 18.2 Å². The number of carbonyl (C=O) groups excluding carboxylic acids is 1. The summed E-state index contributed by atoms with van der Waals surface area (Å²) in [7, 11) is 0. The summed E-state index contributed by atoms with van der Waals surface area (Å²) >= 11 is 0. The van der Waals surface area contributed by atoms with Crippen molar-refractivity contribution < 1.29 is 9.53 Å². The highest BCUT2D eigenvalue weighted by Crippen LogP contribution is 2.10. The zero-order chi connectivity index (χ0) is 15.0. The first-order valence-electron chi connectivity index (χ1n) is 6.74. The molecule has 0 unspecified atom stereocenters. The molecule has 0 aliphatic carbocycles. The summed E-state index contributed by atoms with van der Waals surface area (Å²) in [6.45, 7) is 7.19. The smallest absolute Gasteiger partial charge is 0.251 e. The third-order valence-electron chi connectivity index (χ3n) is 2.66.